The molecule has 25 heavy (non-hydrogen) atoms. The van der Waals surface area contributed by atoms with Crippen molar-refractivity contribution in [3.63, 3.8) is 0 Å². The van der Waals surface area contributed by atoms with Gasteiger partial charge in [0.2, 0.25) is 5.91 Å². The molecule has 2 rings (SSSR count). The molecule has 0 saturated carbocycles. The Hall–Kier alpha value is -1.95. The van der Waals surface area contributed by atoms with Crippen LogP contribution < -0.4 is 20.1 Å². The van der Waals surface area contributed by atoms with Crippen LogP contribution in [0.2, 0.25) is 10.0 Å². The number of hydrogen-bond acceptors (Lipinski definition) is 4. The third-order valence-electron chi connectivity index (χ3n) is 3.55. The number of halogens is 2. The predicted molar refractivity (Wildman–Crippen MR) is 101 cm³/mol. The van der Waals surface area contributed by atoms with Crippen LogP contribution in [0.4, 0.5) is 5.69 Å². The maximum absolute atomic E-state index is 12.1. The molecule has 0 heterocycles. The first kappa shape index (κ1) is 19.4. The molecule has 0 aliphatic rings. The van der Waals surface area contributed by atoms with Crippen molar-refractivity contribution in [3.05, 3.63) is 52.0 Å². The van der Waals surface area contributed by atoms with E-state index in [0.717, 1.165) is 5.56 Å². The predicted octanol–water partition coefficient (Wildman–Crippen LogP) is 4.13. The van der Waals surface area contributed by atoms with E-state index in [1.807, 2.05) is 24.3 Å². The van der Waals surface area contributed by atoms with Crippen LogP contribution in [0.3, 0.4) is 0 Å². The zero-order valence-electron chi connectivity index (χ0n) is 14.1. The van der Waals surface area contributed by atoms with Gasteiger partial charge >= 0.3 is 0 Å². The van der Waals surface area contributed by atoms with Gasteiger partial charge in [0.25, 0.3) is 0 Å². The smallest absolute Gasteiger partial charge is 0.225 e. The maximum atomic E-state index is 12.1. The number of anilines is 1. The summed E-state index contributed by atoms with van der Waals surface area (Å²) in [5, 5.41) is 7.12. The number of carbonyl (C=O) groups is 1. The number of rotatable bonds is 8. The highest BCUT2D eigenvalue weighted by molar-refractivity contribution is 6.32. The van der Waals surface area contributed by atoms with Gasteiger partial charge in [0.1, 0.15) is 11.5 Å². The third-order valence-corrected chi connectivity index (χ3v) is 4.21. The van der Waals surface area contributed by atoms with Crippen LogP contribution in [0, 0.1) is 0 Å². The monoisotopic (exact) mass is 382 g/mol. The van der Waals surface area contributed by atoms with E-state index in [9.17, 15) is 4.79 Å². The van der Waals surface area contributed by atoms with Crippen molar-refractivity contribution in [3.8, 4) is 11.5 Å². The minimum absolute atomic E-state index is 0.144. The van der Waals surface area contributed by atoms with Crippen LogP contribution in [0.5, 0.6) is 11.5 Å². The van der Waals surface area contributed by atoms with E-state index < -0.39 is 0 Å². The van der Waals surface area contributed by atoms with E-state index in [1.54, 1.807) is 12.1 Å². The minimum atomic E-state index is -0.144. The lowest BCUT2D eigenvalue weighted by Gasteiger charge is -2.13. The van der Waals surface area contributed by atoms with Crippen LogP contribution >= 0.6 is 23.2 Å². The molecule has 0 saturated heterocycles. The topological polar surface area (TPSA) is 59.6 Å². The van der Waals surface area contributed by atoms with Crippen LogP contribution in [0.15, 0.2) is 36.4 Å². The molecular weight excluding hydrogens is 363 g/mol. The Morgan fingerprint density at radius 2 is 1.76 bits per heavy atom. The first-order valence-corrected chi connectivity index (χ1v) is 8.46. The summed E-state index contributed by atoms with van der Waals surface area (Å²) in [6, 6.07) is 10.8. The van der Waals surface area contributed by atoms with Gasteiger partial charge in [0.05, 0.1) is 24.9 Å². The van der Waals surface area contributed by atoms with Gasteiger partial charge in [-0.15, -0.1) is 0 Å². The van der Waals surface area contributed by atoms with Gasteiger partial charge in [0.15, 0.2) is 0 Å². The van der Waals surface area contributed by atoms with Crippen LogP contribution in [-0.2, 0) is 11.3 Å². The third kappa shape index (κ3) is 5.53. The lowest BCUT2D eigenvalue weighted by Crippen LogP contribution is -2.21. The van der Waals surface area contributed by atoms with Gasteiger partial charge in [-0.2, -0.15) is 0 Å². The van der Waals surface area contributed by atoms with Crippen molar-refractivity contribution < 1.29 is 14.3 Å². The highest BCUT2D eigenvalue weighted by Gasteiger charge is 2.12. The average Bonchev–Trinajstić information content (AvgIpc) is 2.61. The van der Waals surface area contributed by atoms with Gasteiger partial charge in [0, 0.05) is 36.7 Å². The summed E-state index contributed by atoms with van der Waals surface area (Å²) in [5.41, 5.74) is 1.51. The Morgan fingerprint density at radius 1 is 1.04 bits per heavy atom. The molecule has 134 valence electrons. The highest BCUT2D eigenvalue weighted by atomic mass is 35.5. The number of ether oxygens (including phenoxy) is 2. The normalized spacial score (nSPS) is 10.4. The van der Waals surface area contributed by atoms with Crippen LogP contribution in [0.25, 0.3) is 0 Å². The molecule has 0 aliphatic carbocycles. The van der Waals surface area contributed by atoms with Gasteiger partial charge in [-0.3, -0.25) is 4.79 Å². The number of carbonyl (C=O) groups excluding carboxylic acids is 1. The minimum Gasteiger partial charge on any atom is -0.495 e. The Balaban J connectivity index is 1.87. The van der Waals surface area contributed by atoms with Crippen molar-refractivity contribution in [2.24, 2.45) is 0 Å². The lowest BCUT2D eigenvalue weighted by atomic mass is 10.2. The second-order valence-corrected chi connectivity index (χ2v) is 6.07. The number of methoxy groups -OCH3 is 2. The van der Waals surface area contributed by atoms with E-state index in [4.69, 9.17) is 32.7 Å². The van der Waals surface area contributed by atoms with Gasteiger partial charge in [-0.1, -0.05) is 41.4 Å². The molecule has 0 radical (unpaired) electrons. The molecule has 0 aliphatic heterocycles. The largest absolute Gasteiger partial charge is 0.495 e. The van der Waals surface area contributed by atoms with E-state index in [1.165, 1.54) is 14.2 Å². The van der Waals surface area contributed by atoms with Gasteiger partial charge in [-0.05, 0) is 11.6 Å². The number of benzene rings is 2. The van der Waals surface area contributed by atoms with E-state index in [0.29, 0.717) is 46.7 Å². The number of amides is 1. The molecule has 7 heteroatoms. The van der Waals surface area contributed by atoms with Crippen LogP contribution in [-0.4, -0.2) is 26.7 Å². The fourth-order valence-corrected chi connectivity index (χ4v) is 2.67. The zero-order chi connectivity index (χ0) is 18.2. The van der Waals surface area contributed by atoms with E-state index >= 15 is 0 Å². The van der Waals surface area contributed by atoms with Crippen molar-refractivity contribution in [2.75, 3.05) is 26.1 Å². The maximum Gasteiger partial charge on any atom is 0.225 e. The molecule has 0 unspecified atom stereocenters. The first-order chi connectivity index (χ1) is 12.0. The van der Waals surface area contributed by atoms with Crippen molar-refractivity contribution >= 4 is 34.8 Å². The van der Waals surface area contributed by atoms with Crippen molar-refractivity contribution in [1.29, 1.82) is 0 Å². The second-order valence-electron chi connectivity index (χ2n) is 5.25. The van der Waals surface area contributed by atoms with E-state index in [2.05, 4.69) is 10.6 Å². The highest BCUT2D eigenvalue weighted by Crippen LogP contribution is 2.35. The number of hydrogen-bond donors (Lipinski definition) is 2. The molecule has 0 spiro atoms. The molecular formula is C18H20Cl2N2O3. The summed E-state index contributed by atoms with van der Waals surface area (Å²) in [7, 11) is 3.02. The fraction of sp³-hybridized carbons (Fsp3) is 0.278. The fourth-order valence-electron chi connectivity index (χ4n) is 2.24. The molecule has 2 N–H and O–H groups in total. The summed E-state index contributed by atoms with van der Waals surface area (Å²) in [6.07, 6.45) is 0.304. The molecule has 0 aromatic heterocycles. The first-order valence-electron chi connectivity index (χ1n) is 7.70. The molecule has 0 atom stereocenters. The Morgan fingerprint density at radius 3 is 2.44 bits per heavy atom. The summed E-state index contributed by atoms with van der Waals surface area (Å²) in [4.78, 5) is 12.1. The van der Waals surface area contributed by atoms with Crippen molar-refractivity contribution in [1.82, 2.24) is 5.32 Å². The zero-order valence-corrected chi connectivity index (χ0v) is 15.6. The quantitative estimate of drug-likeness (QED) is 0.673. The molecule has 0 fully saturated rings. The summed E-state index contributed by atoms with van der Waals surface area (Å²) < 4.78 is 10.4. The average molecular weight is 383 g/mol. The SMILES string of the molecule is COc1cc(NC(=O)CCNCc2ccccc2Cl)c(OC)cc1Cl. The lowest BCUT2D eigenvalue weighted by molar-refractivity contribution is -0.116. The Bertz CT molecular complexity index is 738. The summed E-state index contributed by atoms with van der Waals surface area (Å²) in [6.45, 7) is 1.12. The standard InChI is InChI=1S/C18H20Cl2N2O3/c1-24-16-10-15(17(25-2)9-14(16)20)22-18(23)7-8-21-11-12-5-3-4-6-13(12)19/h3-6,9-10,21H,7-8,11H2,1-2H3,(H,22,23). The van der Waals surface area contributed by atoms with Gasteiger partial charge in [-0.25, -0.2) is 0 Å². The summed E-state index contributed by atoms with van der Waals surface area (Å²) >= 11 is 12.1. The van der Waals surface area contributed by atoms with Crippen LogP contribution in [0.1, 0.15) is 12.0 Å². The van der Waals surface area contributed by atoms with Crippen molar-refractivity contribution in [2.45, 2.75) is 13.0 Å². The number of nitrogens with one attached hydrogen (secondary N) is 2. The summed E-state index contributed by atoms with van der Waals surface area (Å²) in [5.74, 6) is 0.798. The Labute approximate surface area is 157 Å². The molecule has 1 amide bonds. The molecule has 0 bridgehead atoms. The molecule has 5 nitrogen and oxygen atoms in total. The van der Waals surface area contributed by atoms with E-state index in [-0.39, 0.29) is 5.91 Å². The van der Waals surface area contributed by atoms with Gasteiger partial charge < -0.3 is 20.1 Å². The Kier molecular flexibility index (Phi) is 7.37. The molecule has 2 aromatic carbocycles. The second kappa shape index (κ2) is 9.51. The molecule has 2 aromatic rings.